The highest BCUT2D eigenvalue weighted by atomic mass is 32.1. The van der Waals surface area contributed by atoms with Gasteiger partial charge in [0.2, 0.25) is 0 Å². The van der Waals surface area contributed by atoms with Gasteiger partial charge in [-0.1, -0.05) is 42.5 Å². The molecule has 0 unspecified atom stereocenters. The Labute approximate surface area is 107 Å². The van der Waals surface area contributed by atoms with Gasteiger partial charge in [0.15, 0.2) is 0 Å². The molecule has 0 saturated carbocycles. The van der Waals surface area contributed by atoms with Crippen LogP contribution in [0, 0.1) is 0 Å². The summed E-state index contributed by atoms with van der Waals surface area (Å²) in [6, 6.07) is 10.5. The van der Waals surface area contributed by atoms with Crippen molar-refractivity contribution in [3.63, 3.8) is 0 Å². The maximum absolute atomic E-state index is 4.18. The molecule has 1 N–H and O–H groups in total. The number of nitrogens with zero attached hydrogens (tertiary/aromatic N) is 1. The lowest BCUT2D eigenvalue weighted by molar-refractivity contribution is 0.884. The number of hydrogen-bond acceptors (Lipinski definition) is 2. The number of hydrogen-bond donors (Lipinski definition) is 2. The van der Waals surface area contributed by atoms with Crippen molar-refractivity contribution in [3.8, 4) is 0 Å². The highest BCUT2D eigenvalue weighted by Crippen LogP contribution is 2.02. The second kappa shape index (κ2) is 8.07. The minimum Gasteiger partial charge on any atom is -0.349 e. The number of thiocarbonyl (C=S) groups is 1. The molecule has 4 heteroatoms. The lowest BCUT2D eigenvalue weighted by Crippen LogP contribution is -1.92. The number of imidazole rings is 1. The zero-order valence-corrected chi connectivity index (χ0v) is 10.5. The summed E-state index contributed by atoms with van der Waals surface area (Å²) in [4.78, 5) is 7.27. The van der Waals surface area contributed by atoms with Crippen LogP contribution >= 0.6 is 24.8 Å². The van der Waals surface area contributed by atoms with E-state index >= 15 is 0 Å². The largest absolute Gasteiger partial charge is 0.349 e. The van der Waals surface area contributed by atoms with Crippen LogP contribution in [0.3, 0.4) is 0 Å². The summed E-state index contributed by atoms with van der Waals surface area (Å²) in [5, 5.41) is 0. The fourth-order valence-electron chi connectivity index (χ4n) is 1.34. The van der Waals surface area contributed by atoms with Gasteiger partial charge >= 0.3 is 0 Å². The molecule has 1 heterocycles. The minimum absolute atomic E-state index is 0.983. The molecule has 0 amide bonds. The molecule has 0 bridgehead atoms. The van der Waals surface area contributed by atoms with Crippen LogP contribution in [0.5, 0.6) is 0 Å². The van der Waals surface area contributed by atoms with Crippen molar-refractivity contribution < 1.29 is 0 Å². The molecule has 0 spiro atoms. The van der Waals surface area contributed by atoms with E-state index in [1.54, 1.807) is 6.20 Å². The maximum atomic E-state index is 4.18. The molecule has 0 aliphatic heterocycles. The van der Waals surface area contributed by atoms with Crippen molar-refractivity contribution in [1.29, 1.82) is 0 Å². The van der Waals surface area contributed by atoms with Crippen LogP contribution in [-0.4, -0.2) is 14.7 Å². The van der Waals surface area contributed by atoms with E-state index in [-0.39, 0.29) is 0 Å². The number of benzene rings is 1. The molecule has 0 aliphatic rings. The molecule has 16 heavy (non-hydrogen) atoms. The second-order valence-corrected chi connectivity index (χ2v) is 3.97. The van der Waals surface area contributed by atoms with Crippen LogP contribution in [-0.2, 0) is 12.8 Å². The molecule has 0 atom stereocenters. The van der Waals surface area contributed by atoms with E-state index in [0.29, 0.717) is 0 Å². The van der Waals surface area contributed by atoms with Crippen molar-refractivity contribution in [1.82, 2.24) is 9.97 Å². The Morgan fingerprint density at radius 1 is 1.25 bits per heavy atom. The summed E-state index contributed by atoms with van der Waals surface area (Å²) >= 11 is 7.61. The molecular weight excluding hydrogens is 236 g/mol. The van der Waals surface area contributed by atoms with Gasteiger partial charge in [-0.2, -0.15) is 0 Å². The smallest absolute Gasteiger partial charge is 0.106 e. The summed E-state index contributed by atoms with van der Waals surface area (Å²) in [7, 11) is 0. The fourth-order valence-corrected chi connectivity index (χ4v) is 1.34. The van der Waals surface area contributed by atoms with E-state index < -0.39 is 0 Å². The predicted molar refractivity (Wildman–Crippen MR) is 75.1 cm³/mol. The predicted octanol–water partition coefficient (Wildman–Crippen LogP) is 3.07. The van der Waals surface area contributed by atoms with Gasteiger partial charge < -0.3 is 4.98 Å². The third-order valence-corrected chi connectivity index (χ3v) is 2.05. The third kappa shape index (κ3) is 5.09. The summed E-state index contributed by atoms with van der Waals surface area (Å²) in [6.45, 7) is 0. The Morgan fingerprint density at radius 2 is 1.94 bits per heavy atom. The molecule has 2 rings (SSSR count). The molecule has 0 fully saturated rings. The molecule has 0 aliphatic carbocycles. The number of rotatable bonds is 3. The lowest BCUT2D eigenvalue weighted by Gasteiger charge is -1.97. The summed E-state index contributed by atoms with van der Waals surface area (Å²) in [5.41, 5.74) is 1.36. The molecule has 1 aromatic carbocycles. The number of H-pyrrole nitrogens is 1. The van der Waals surface area contributed by atoms with Crippen molar-refractivity contribution in [2.45, 2.75) is 12.8 Å². The van der Waals surface area contributed by atoms with Gasteiger partial charge in [-0.15, -0.1) is 12.6 Å². The summed E-state index contributed by atoms with van der Waals surface area (Å²) in [5.74, 6) is 1.06. The first-order valence-corrected chi connectivity index (χ1v) is 5.95. The van der Waals surface area contributed by atoms with Crippen molar-refractivity contribution in [2.24, 2.45) is 0 Å². The van der Waals surface area contributed by atoms with Gasteiger partial charge in [-0.3, -0.25) is 0 Å². The first-order valence-electron chi connectivity index (χ1n) is 4.97. The molecule has 0 saturated heterocycles. The third-order valence-electron chi connectivity index (χ3n) is 2.05. The van der Waals surface area contributed by atoms with E-state index in [0.717, 1.165) is 18.7 Å². The van der Waals surface area contributed by atoms with Crippen molar-refractivity contribution in [2.75, 3.05) is 0 Å². The Balaban J connectivity index is 0.000000386. The Hall–Kier alpha value is -1.13. The molecule has 2 aromatic rings. The standard InChI is InChI=1S/C11H12N2.CH2S2/c1-2-4-10(5-3-1)6-7-11-12-8-9-13-11;2-1-3/h1-5,8-9H,6-7H2,(H,12,13);1H,(H,2,3). The normalized spacial score (nSPS) is 9.06. The van der Waals surface area contributed by atoms with Gasteiger partial charge in [-0.25, -0.2) is 4.98 Å². The molecule has 2 nitrogen and oxygen atoms in total. The van der Waals surface area contributed by atoms with E-state index in [4.69, 9.17) is 0 Å². The van der Waals surface area contributed by atoms with Crippen LogP contribution < -0.4 is 0 Å². The number of aromatic nitrogens is 2. The first-order chi connectivity index (χ1) is 7.86. The maximum Gasteiger partial charge on any atom is 0.106 e. The molecule has 84 valence electrons. The summed E-state index contributed by atoms with van der Waals surface area (Å²) < 4.78 is 1.28. The number of aromatic amines is 1. The van der Waals surface area contributed by atoms with Gasteiger partial charge in [-0.05, 0) is 12.0 Å². The monoisotopic (exact) mass is 250 g/mol. The Bertz CT molecular complexity index is 385. The lowest BCUT2D eigenvalue weighted by atomic mass is 10.1. The Kier molecular flexibility index (Phi) is 6.53. The minimum atomic E-state index is 0.983. The topological polar surface area (TPSA) is 28.7 Å². The zero-order valence-electron chi connectivity index (χ0n) is 8.84. The second-order valence-electron chi connectivity index (χ2n) is 3.13. The molecule has 1 aromatic heterocycles. The average Bonchev–Trinajstić information content (AvgIpc) is 2.82. The molecule has 0 radical (unpaired) electrons. The highest BCUT2D eigenvalue weighted by Gasteiger charge is 1.95. The van der Waals surface area contributed by atoms with Crippen LogP contribution in [0.1, 0.15) is 11.4 Å². The number of nitrogens with one attached hydrogen (secondary N) is 1. The van der Waals surface area contributed by atoms with Crippen molar-refractivity contribution in [3.05, 3.63) is 54.1 Å². The van der Waals surface area contributed by atoms with E-state index in [9.17, 15) is 0 Å². The number of aryl methyl sites for hydroxylation is 2. The van der Waals surface area contributed by atoms with Gasteiger partial charge in [0.05, 0.1) is 0 Å². The van der Waals surface area contributed by atoms with Crippen LogP contribution in [0.25, 0.3) is 0 Å². The van der Waals surface area contributed by atoms with Crippen LogP contribution in [0.4, 0.5) is 0 Å². The fraction of sp³-hybridized carbons (Fsp3) is 0.167. The SMILES string of the molecule is S=CS.c1ccc(CCc2ncc[nH]2)cc1. The van der Waals surface area contributed by atoms with E-state index in [1.165, 1.54) is 10.3 Å². The van der Waals surface area contributed by atoms with Gasteiger partial charge in [0, 0.05) is 23.5 Å². The quantitative estimate of drug-likeness (QED) is 0.647. The van der Waals surface area contributed by atoms with Crippen LogP contribution in [0.2, 0.25) is 0 Å². The van der Waals surface area contributed by atoms with Gasteiger partial charge in [0.1, 0.15) is 5.82 Å². The van der Waals surface area contributed by atoms with E-state index in [1.807, 2.05) is 12.3 Å². The Morgan fingerprint density at radius 3 is 2.50 bits per heavy atom. The summed E-state index contributed by atoms with van der Waals surface area (Å²) in [6.07, 6.45) is 5.69. The van der Waals surface area contributed by atoms with E-state index in [2.05, 4.69) is 59.1 Å². The van der Waals surface area contributed by atoms with Gasteiger partial charge in [0.25, 0.3) is 0 Å². The van der Waals surface area contributed by atoms with Crippen molar-refractivity contribution >= 4 is 29.5 Å². The van der Waals surface area contributed by atoms with Crippen LogP contribution in [0.15, 0.2) is 42.7 Å². The highest BCUT2D eigenvalue weighted by molar-refractivity contribution is 8.08. The molecular formula is C12H14N2S2. The zero-order chi connectivity index (χ0) is 11.6. The number of thiol groups is 1. The first kappa shape index (κ1) is 12.9. The average molecular weight is 250 g/mol.